The molecule has 1 aliphatic heterocycles. The van der Waals surface area contributed by atoms with E-state index in [4.69, 9.17) is 11.6 Å². The Morgan fingerprint density at radius 3 is 2.79 bits per heavy atom. The second kappa shape index (κ2) is 6.71. The molecule has 1 heterocycles. The van der Waals surface area contributed by atoms with Gasteiger partial charge in [-0.05, 0) is 58.3 Å². The van der Waals surface area contributed by atoms with E-state index in [1.165, 1.54) is 18.5 Å². The standard InChI is InChI=1S/C15H24ClN3/c1-17-15(12-6-4-7-13(16)10-12)14-11-18(2)8-5-9-19(14)3/h4,6-7,10,14-15,17H,5,8-9,11H2,1-3H3. The fraction of sp³-hybridized carbons (Fsp3) is 0.600. The van der Waals surface area contributed by atoms with E-state index in [2.05, 4.69) is 41.3 Å². The van der Waals surface area contributed by atoms with Gasteiger partial charge in [0.25, 0.3) is 0 Å². The van der Waals surface area contributed by atoms with Crippen LogP contribution in [-0.2, 0) is 0 Å². The molecule has 0 bridgehead atoms. The van der Waals surface area contributed by atoms with Gasteiger partial charge >= 0.3 is 0 Å². The number of nitrogens with one attached hydrogen (secondary N) is 1. The molecule has 3 nitrogen and oxygen atoms in total. The van der Waals surface area contributed by atoms with E-state index in [-0.39, 0.29) is 0 Å². The quantitative estimate of drug-likeness (QED) is 0.917. The van der Waals surface area contributed by atoms with Gasteiger partial charge in [-0.2, -0.15) is 0 Å². The van der Waals surface area contributed by atoms with Gasteiger partial charge in [0.1, 0.15) is 0 Å². The van der Waals surface area contributed by atoms with E-state index in [0.717, 1.165) is 18.1 Å². The van der Waals surface area contributed by atoms with Gasteiger partial charge in [-0.25, -0.2) is 0 Å². The average Bonchev–Trinajstić information content (AvgIpc) is 2.53. The van der Waals surface area contributed by atoms with Crippen molar-refractivity contribution in [3.8, 4) is 0 Å². The lowest BCUT2D eigenvalue weighted by molar-refractivity contribution is 0.182. The van der Waals surface area contributed by atoms with Crippen LogP contribution in [0, 0.1) is 0 Å². The lowest BCUT2D eigenvalue weighted by Gasteiger charge is -2.34. The molecule has 1 fully saturated rings. The Morgan fingerprint density at radius 1 is 1.32 bits per heavy atom. The third kappa shape index (κ3) is 3.69. The van der Waals surface area contributed by atoms with E-state index in [1.54, 1.807) is 0 Å². The largest absolute Gasteiger partial charge is 0.312 e. The van der Waals surface area contributed by atoms with Gasteiger partial charge in [0, 0.05) is 23.7 Å². The SMILES string of the molecule is CNC(c1cccc(Cl)c1)C1CN(C)CCCN1C. The van der Waals surface area contributed by atoms with E-state index >= 15 is 0 Å². The molecule has 1 aliphatic rings. The summed E-state index contributed by atoms with van der Waals surface area (Å²) in [4.78, 5) is 4.88. The molecule has 2 rings (SSSR count). The summed E-state index contributed by atoms with van der Waals surface area (Å²) in [6, 6.07) is 8.97. The molecule has 1 aromatic carbocycles. The predicted octanol–water partition coefficient (Wildman–Crippen LogP) is 2.24. The number of likely N-dealkylation sites (N-methyl/N-ethyl adjacent to an activating group) is 3. The smallest absolute Gasteiger partial charge is 0.0488 e. The third-order valence-electron chi connectivity index (χ3n) is 4.02. The van der Waals surface area contributed by atoms with Crippen molar-refractivity contribution >= 4 is 11.6 Å². The molecular formula is C15H24ClN3. The summed E-state index contributed by atoms with van der Waals surface area (Å²) < 4.78 is 0. The Morgan fingerprint density at radius 2 is 2.11 bits per heavy atom. The molecule has 0 radical (unpaired) electrons. The molecule has 0 amide bonds. The normalized spacial score (nSPS) is 24.1. The zero-order valence-corrected chi connectivity index (χ0v) is 12.8. The van der Waals surface area contributed by atoms with Crippen molar-refractivity contribution < 1.29 is 0 Å². The van der Waals surface area contributed by atoms with Crippen LogP contribution in [0.3, 0.4) is 0 Å². The summed E-state index contributed by atoms with van der Waals surface area (Å²) in [6.07, 6.45) is 1.23. The Bertz CT molecular complexity index is 410. The second-order valence-corrected chi connectivity index (χ2v) is 5.92. The number of halogens is 1. The molecule has 0 aliphatic carbocycles. The number of nitrogens with zero attached hydrogens (tertiary/aromatic N) is 2. The Balaban J connectivity index is 2.24. The minimum atomic E-state index is 0.309. The Kier molecular flexibility index (Phi) is 5.22. The maximum absolute atomic E-state index is 6.13. The number of hydrogen-bond donors (Lipinski definition) is 1. The summed E-state index contributed by atoms with van der Waals surface area (Å²) >= 11 is 6.13. The fourth-order valence-corrected chi connectivity index (χ4v) is 3.15. The highest BCUT2D eigenvalue weighted by Gasteiger charge is 2.28. The van der Waals surface area contributed by atoms with Crippen LogP contribution < -0.4 is 5.32 Å². The fourth-order valence-electron chi connectivity index (χ4n) is 2.95. The summed E-state index contributed by atoms with van der Waals surface area (Å²) in [6.45, 7) is 3.40. The lowest BCUT2D eigenvalue weighted by atomic mass is 9.98. The molecule has 1 saturated heterocycles. The number of hydrogen-bond acceptors (Lipinski definition) is 3. The second-order valence-electron chi connectivity index (χ2n) is 5.49. The first kappa shape index (κ1) is 14.8. The highest BCUT2D eigenvalue weighted by Crippen LogP contribution is 2.24. The van der Waals surface area contributed by atoms with Crippen molar-refractivity contribution in [2.45, 2.75) is 18.5 Å². The summed E-state index contributed by atoms with van der Waals surface area (Å²) in [5.74, 6) is 0. The number of rotatable bonds is 3. The van der Waals surface area contributed by atoms with Crippen LogP contribution in [0.2, 0.25) is 5.02 Å². The molecule has 1 N–H and O–H groups in total. The monoisotopic (exact) mass is 281 g/mol. The third-order valence-corrected chi connectivity index (χ3v) is 4.25. The highest BCUT2D eigenvalue weighted by molar-refractivity contribution is 6.30. The zero-order valence-electron chi connectivity index (χ0n) is 12.1. The van der Waals surface area contributed by atoms with E-state index in [0.29, 0.717) is 12.1 Å². The minimum Gasteiger partial charge on any atom is -0.312 e. The van der Waals surface area contributed by atoms with Crippen LogP contribution >= 0.6 is 11.6 Å². The van der Waals surface area contributed by atoms with E-state index < -0.39 is 0 Å². The van der Waals surface area contributed by atoms with Crippen LogP contribution in [0.4, 0.5) is 0 Å². The first-order valence-electron chi connectivity index (χ1n) is 6.93. The van der Waals surface area contributed by atoms with Crippen molar-refractivity contribution in [1.29, 1.82) is 0 Å². The van der Waals surface area contributed by atoms with Crippen LogP contribution in [0.15, 0.2) is 24.3 Å². The number of benzene rings is 1. The van der Waals surface area contributed by atoms with Gasteiger partial charge in [-0.3, -0.25) is 0 Å². The molecule has 0 spiro atoms. The zero-order chi connectivity index (χ0) is 13.8. The van der Waals surface area contributed by atoms with Crippen molar-refractivity contribution in [1.82, 2.24) is 15.1 Å². The van der Waals surface area contributed by atoms with Crippen molar-refractivity contribution in [3.05, 3.63) is 34.9 Å². The van der Waals surface area contributed by atoms with Gasteiger partial charge < -0.3 is 15.1 Å². The maximum Gasteiger partial charge on any atom is 0.0488 e. The highest BCUT2D eigenvalue weighted by atomic mass is 35.5. The lowest BCUT2D eigenvalue weighted by Crippen LogP contribution is -2.46. The van der Waals surface area contributed by atoms with Crippen LogP contribution in [0.25, 0.3) is 0 Å². The topological polar surface area (TPSA) is 18.5 Å². The molecule has 2 atom stereocenters. The Labute approximate surface area is 121 Å². The molecule has 0 saturated carbocycles. The first-order chi connectivity index (χ1) is 9.11. The van der Waals surface area contributed by atoms with Gasteiger partial charge in [0.2, 0.25) is 0 Å². The molecular weight excluding hydrogens is 258 g/mol. The molecule has 0 aromatic heterocycles. The van der Waals surface area contributed by atoms with Crippen molar-refractivity contribution in [3.63, 3.8) is 0 Å². The van der Waals surface area contributed by atoms with E-state index in [9.17, 15) is 0 Å². The van der Waals surface area contributed by atoms with Crippen LogP contribution in [0.5, 0.6) is 0 Å². The van der Waals surface area contributed by atoms with Crippen molar-refractivity contribution in [2.24, 2.45) is 0 Å². The van der Waals surface area contributed by atoms with E-state index in [1.807, 2.05) is 19.2 Å². The maximum atomic E-state index is 6.13. The van der Waals surface area contributed by atoms with Crippen molar-refractivity contribution in [2.75, 3.05) is 40.8 Å². The van der Waals surface area contributed by atoms with Crippen LogP contribution in [-0.4, -0.2) is 56.6 Å². The molecule has 19 heavy (non-hydrogen) atoms. The van der Waals surface area contributed by atoms with Gasteiger partial charge in [-0.1, -0.05) is 23.7 Å². The minimum absolute atomic E-state index is 0.309. The predicted molar refractivity (Wildman–Crippen MR) is 81.8 cm³/mol. The molecule has 106 valence electrons. The summed E-state index contributed by atoms with van der Waals surface area (Å²) in [7, 11) is 6.46. The van der Waals surface area contributed by atoms with Crippen LogP contribution in [0.1, 0.15) is 18.0 Å². The molecule has 1 aromatic rings. The Hall–Kier alpha value is -0.610. The molecule has 4 heteroatoms. The average molecular weight is 282 g/mol. The van der Waals surface area contributed by atoms with Gasteiger partial charge in [-0.15, -0.1) is 0 Å². The first-order valence-corrected chi connectivity index (χ1v) is 7.31. The van der Waals surface area contributed by atoms with Gasteiger partial charge in [0.15, 0.2) is 0 Å². The summed E-state index contributed by atoms with van der Waals surface area (Å²) in [5, 5.41) is 4.27. The van der Waals surface area contributed by atoms with Gasteiger partial charge in [0.05, 0.1) is 0 Å². The summed E-state index contributed by atoms with van der Waals surface area (Å²) in [5.41, 5.74) is 1.27. The molecule has 2 unspecified atom stereocenters.